The number of ether oxygens (including phenoxy) is 2. The third-order valence-electron chi connectivity index (χ3n) is 4.85. The van der Waals surface area contributed by atoms with E-state index in [-0.39, 0.29) is 34.5 Å². The molecular weight excluding hydrogens is 396 g/mol. The topological polar surface area (TPSA) is 111 Å². The first kappa shape index (κ1) is 21.6. The minimum atomic E-state index is -3.90. The van der Waals surface area contributed by atoms with Crippen LogP contribution in [0.5, 0.6) is 0 Å². The first-order chi connectivity index (χ1) is 12.3. The van der Waals surface area contributed by atoms with Crippen molar-refractivity contribution < 1.29 is 27.5 Å². The van der Waals surface area contributed by atoms with Crippen molar-refractivity contribution >= 4 is 34.4 Å². The summed E-state index contributed by atoms with van der Waals surface area (Å²) in [6.07, 6.45) is 3.53. The molecule has 2 atom stereocenters. The van der Waals surface area contributed by atoms with Crippen molar-refractivity contribution in [3.63, 3.8) is 0 Å². The molecule has 3 rings (SSSR count). The fourth-order valence-corrected chi connectivity index (χ4v) is 5.00. The molecule has 27 heavy (non-hydrogen) atoms. The van der Waals surface area contributed by atoms with Crippen molar-refractivity contribution in [2.24, 2.45) is 0 Å². The van der Waals surface area contributed by atoms with Crippen molar-refractivity contribution in [3.05, 3.63) is 29.3 Å². The molecule has 150 valence electrons. The summed E-state index contributed by atoms with van der Waals surface area (Å²) in [6, 6.07) is 4.14. The van der Waals surface area contributed by atoms with Gasteiger partial charge in [-0.25, -0.2) is 22.7 Å². The van der Waals surface area contributed by atoms with Crippen molar-refractivity contribution in [3.8, 4) is 0 Å². The second-order valence-corrected chi connectivity index (χ2v) is 8.37. The maximum atomic E-state index is 12.8. The third-order valence-corrected chi connectivity index (χ3v) is 6.35. The van der Waals surface area contributed by atoms with Crippen LogP contribution in [-0.2, 0) is 19.5 Å². The number of halogens is 1. The number of carbonyl (C=O) groups is 2. The van der Waals surface area contributed by atoms with Crippen molar-refractivity contribution in [2.45, 2.75) is 48.7 Å². The zero-order valence-electron chi connectivity index (χ0n) is 15.1. The van der Waals surface area contributed by atoms with Crippen LogP contribution in [0, 0.1) is 0 Å². The van der Waals surface area contributed by atoms with Gasteiger partial charge in [-0.05, 0) is 43.9 Å². The number of nitrogens with one attached hydrogen (secondary N) is 2. The van der Waals surface area contributed by atoms with Crippen LogP contribution >= 0.6 is 12.4 Å². The Hall–Kier alpha value is -1.68. The number of carbonyl (C=O) groups excluding carboxylic acids is 2. The summed E-state index contributed by atoms with van der Waals surface area (Å²) in [7, 11) is -1.53. The molecule has 0 aromatic heterocycles. The van der Waals surface area contributed by atoms with E-state index in [0.29, 0.717) is 12.1 Å². The van der Waals surface area contributed by atoms with E-state index in [1.807, 2.05) is 0 Å². The highest BCUT2D eigenvalue weighted by Crippen LogP contribution is 2.28. The van der Waals surface area contributed by atoms with Crippen LogP contribution in [0.15, 0.2) is 23.1 Å². The summed E-state index contributed by atoms with van der Waals surface area (Å²) in [6.45, 7) is 0. The Balaban J connectivity index is 0.00000261. The van der Waals surface area contributed by atoms with Gasteiger partial charge in [0.1, 0.15) is 0 Å². The summed E-state index contributed by atoms with van der Waals surface area (Å²) in [5.41, 5.74) is -0.0534. The molecule has 0 spiro atoms. The lowest BCUT2D eigenvalue weighted by atomic mass is 10.0. The van der Waals surface area contributed by atoms with E-state index < -0.39 is 22.0 Å². The van der Waals surface area contributed by atoms with Gasteiger partial charge in [0.15, 0.2) is 0 Å². The molecule has 2 saturated heterocycles. The van der Waals surface area contributed by atoms with Crippen LogP contribution in [0.25, 0.3) is 0 Å². The van der Waals surface area contributed by atoms with Crippen LogP contribution in [0.4, 0.5) is 0 Å². The molecular formula is C17H23ClN2O6S. The van der Waals surface area contributed by atoms with Crippen molar-refractivity contribution in [1.82, 2.24) is 10.0 Å². The Kier molecular flexibility index (Phi) is 6.85. The molecule has 0 aliphatic carbocycles. The third kappa shape index (κ3) is 4.78. The molecule has 2 bridgehead atoms. The molecule has 2 unspecified atom stereocenters. The van der Waals surface area contributed by atoms with Gasteiger partial charge in [0.05, 0.1) is 30.2 Å². The highest BCUT2D eigenvalue weighted by molar-refractivity contribution is 7.89. The number of benzene rings is 1. The Morgan fingerprint density at radius 3 is 1.93 bits per heavy atom. The second-order valence-electron chi connectivity index (χ2n) is 6.66. The quantitative estimate of drug-likeness (QED) is 0.692. The first-order valence-corrected chi connectivity index (χ1v) is 9.91. The monoisotopic (exact) mass is 418 g/mol. The van der Waals surface area contributed by atoms with Gasteiger partial charge >= 0.3 is 11.9 Å². The van der Waals surface area contributed by atoms with Crippen LogP contribution in [0.2, 0.25) is 0 Å². The van der Waals surface area contributed by atoms with E-state index in [1.54, 1.807) is 0 Å². The standard InChI is InChI=1S/C17H22N2O6S.ClH/c1-24-16(20)10-5-11(17(21)25-2)7-15(6-10)26(22,23)19-14-8-12-3-4-13(9-14)18-12;/h5-7,12-14,18-19H,3-4,8-9H2,1-2H3;1H. The first-order valence-electron chi connectivity index (χ1n) is 8.42. The van der Waals surface area contributed by atoms with Crippen LogP contribution in [0.3, 0.4) is 0 Å². The number of methoxy groups -OCH3 is 2. The smallest absolute Gasteiger partial charge is 0.337 e. The average molecular weight is 419 g/mol. The van der Waals surface area contributed by atoms with Gasteiger partial charge in [0.2, 0.25) is 10.0 Å². The molecule has 2 fully saturated rings. The maximum Gasteiger partial charge on any atom is 0.337 e. The van der Waals surface area contributed by atoms with Gasteiger partial charge in [0.25, 0.3) is 0 Å². The van der Waals surface area contributed by atoms with Crippen molar-refractivity contribution in [1.29, 1.82) is 0 Å². The van der Waals surface area contributed by atoms with E-state index in [4.69, 9.17) is 0 Å². The van der Waals surface area contributed by atoms with E-state index in [1.165, 1.54) is 32.4 Å². The molecule has 0 saturated carbocycles. The number of fused-ring (bicyclic) bond motifs is 2. The summed E-state index contributed by atoms with van der Waals surface area (Å²) in [5.74, 6) is -1.46. The Morgan fingerprint density at radius 2 is 1.48 bits per heavy atom. The van der Waals surface area contributed by atoms with E-state index in [0.717, 1.165) is 25.7 Å². The van der Waals surface area contributed by atoms with Crippen LogP contribution in [-0.4, -0.2) is 52.7 Å². The van der Waals surface area contributed by atoms with Crippen LogP contribution in [0.1, 0.15) is 46.4 Å². The minimum absolute atomic E-state index is 0. The largest absolute Gasteiger partial charge is 0.465 e. The van der Waals surface area contributed by atoms with E-state index in [2.05, 4.69) is 19.5 Å². The number of esters is 2. The van der Waals surface area contributed by atoms with Gasteiger partial charge in [-0.3, -0.25) is 0 Å². The summed E-state index contributed by atoms with van der Waals surface area (Å²) in [5, 5.41) is 3.45. The van der Waals surface area contributed by atoms with Gasteiger partial charge in [-0.15, -0.1) is 12.4 Å². The molecule has 8 nitrogen and oxygen atoms in total. The second kappa shape index (κ2) is 8.55. The van der Waals surface area contributed by atoms with Gasteiger partial charge in [-0.2, -0.15) is 0 Å². The molecule has 0 radical (unpaired) electrons. The molecule has 2 heterocycles. The van der Waals surface area contributed by atoms with Gasteiger partial charge < -0.3 is 14.8 Å². The Bertz CT molecular complexity index is 782. The molecule has 1 aromatic rings. The lowest BCUT2D eigenvalue weighted by molar-refractivity contribution is 0.0598. The number of hydrogen-bond acceptors (Lipinski definition) is 7. The highest BCUT2D eigenvalue weighted by atomic mass is 35.5. The number of sulfonamides is 1. The zero-order chi connectivity index (χ0) is 18.9. The zero-order valence-corrected chi connectivity index (χ0v) is 16.7. The Morgan fingerprint density at radius 1 is 1.00 bits per heavy atom. The lowest BCUT2D eigenvalue weighted by Gasteiger charge is -2.29. The summed E-state index contributed by atoms with van der Waals surface area (Å²) >= 11 is 0. The average Bonchev–Trinajstić information content (AvgIpc) is 2.97. The number of rotatable bonds is 5. The SMILES string of the molecule is COC(=O)c1cc(C(=O)OC)cc(S(=O)(=O)NC2CC3CCC(C2)N3)c1.Cl. The molecule has 10 heteroatoms. The Labute approximate surface area is 164 Å². The number of piperidine rings is 1. The minimum Gasteiger partial charge on any atom is -0.465 e. The molecule has 2 N–H and O–H groups in total. The van der Waals surface area contributed by atoms with E-state index in [9.17, 15) is 18.0 Å². The molecule has 1 aromatic carbocycles. The molecule has 2 aliphatic heterocycles. The predicted molar refractivity (Wildman–Crippen MR) is 99.7 cm³/mol. The maximum absolute atomic E-state index is 12.8. The van der Waals surface area contributed by atoms with Gasteiger partial charge in [0, 0.05) is 18.1 Å². The lowest BCUT2D eigenvalue weighted by Crippen LogP contribution is -2.47. The molecule has 2 aliphatic rings. The highest BCUT2D eigenvalue weighted by Gasteiger charge is 2.35. The van der Waals surface area contributed by atoms with Gasteiger partial charge in [-0.1, -0.05) is 0 Å². The predicted octanol–water partition coefficient (Wildman–Crippen LogP) is 1.24. The van der Waals surface area contributed by atoms with Crippen LogP contribution < -0.4 is 10.0 Å². The normalized spacial score (nSPS) is 24.0. The summed E-state index contributed by atoms with van der Waals surface area (Å²) in [4.78, 5) is 23.5. The van der Waals surface area contributed by atoms with Crippen molar-refractivity contribution in [2.75, 3.05) is 14.2 Å². The number of hydrogen-bond donors (Lipinski definition) is 2. The summed E-state index contributed by atoms with van der Waals surface area (Å²) < 4.78 is 37.6. The molecule has 0 amide bonds. The fraction of sp³-hybridized carbons (Fsp3) is 0.529. The van der Waals surface area contributed by atoms with E-state index >= 15 is 0 Å². The fourth-order valence-electron chi connectivity index (χ4n) is 3.67.